The number of hydrogen-bond donors (Lipinski definition) is 3. The number of hydrogen-bond acceptors (Lipinski definition) is 4. The van der Waals surface area contributed by atoms with E-state index in [4.69, 9.17) is 4.74 Å². The first-order chi connectivity index (χ1) is 10.7. The van der Waals surface area contributed by atoms with Gasteiger partial charge in [0.05, 0.1) is 16.9 Å². The maximum Gasteiger partial charge on any atom is 0.337 e. The van der Waals surface area contributed by atoms with Crippen molar-refractivity contribution in [3.05, 3.63) is 42.0 Å². The fourth-order valence-corrected chi connectivity index (χ4v) is 2.41. The Morgan fingerprint density at radius 1 is 1.27 bits per heavy atom. The topological polar surface area (TPSA) is 70.6 Å². The largest absolute Gasteiger partial charge is 0.478 e. The summed E-state index contributed by atoms with van der Waals surface area (Å²) in [6.07, 6.45) is 2.24. The van der Waals surface area contributed by atoms with Crippen LogP contribution in [-0.4, -0.2) is 17.6 Å². The smallest absolute Gasteiger partial charge is 0.337 e. The predicted octanol–water partition coefficient (Wildman–Crippen LogP) is 4.45. The van der Waals surface area contributed by atoms with Gasteiger partial charge in [0.15, 0.2) is 11.5 Å². The Balaban J connectivity index is 1.88. The zero-order valence-corrected chi connectivity index (χ0v) is 12.3. The summed E-state index contributed by atoms with van der Waals surface area (Å²) in [5.41, 5.74) is 2.45. The van der Waals surface area contributed by atoms with Crippen molar-refractivity contribution in [3.63, 3.8) is 0 Å². The summed E-state index contributed by atoms with van der Waals surface area (Å²) in [6, 6.07) is 10.8. The fraction of sp³-hybridized carbons (Fsp3) is 0.235. The molecule has 2 aromatic rings. The first kappa shape index (κ1) is 14.3. The molecule has 0 radical (unpaired) electrons. The van der Waals surface area contributed by atoms with Gasteiger partial charge in [-0.05, 0) is 36.8 Å². The second kappa shape index (κ2) is 5.97. The highest BCUT2D eigenvalue weighted by molar-refractivity contribution is 5.98. The van der Waals surface area contributed by atoms with Crippen LogP contribution in [0.4, 0.5) is 17.1 Å². The Morgan fingerprint density at radius 2 is 2.14 bits per heavy atom. The zero-order valence-electron chi connectivity index (χ0n) is 12.3. The third-order valence-electron chi connectivity index (χ3n) is 3.58. The van der Waals surface area contributed by atoms with Crippen LogP contribution in [0.1, 0.15) is 30.1 Å². The van der Waals surface area contributed by atoms with Gasteiger partial charge >= 0.3 is 5.97 Å². The Labute approximate surface area is 128 Å². The monoisotopic (exact) mass is 298 g/mol. The summed E-state index contributed by atoms with van der Waals surface area (Å²) in [5.74, 6) is 0.240. The minimum Gasteiger partial charge on any atom is -0.478 e. The van der Waals surface area contributed by atoms with Crippen LogP contribution in [0.2, 0.25) is 0 Å². The number of para-hydroxylation sites is 1. The number of ether oxygens (including phenoxy) is 1. The van der Waals surface area contributed by atoms with Crippen molar-refractivity contribution in [2.24, 2.45) is 0 Å². The highest BCUT2D eigenvalue weighted by Crippen LogP contribution is 2.44. The molecule has 0 aliphatic carbocycles. The molecule has 0 saturated heterocycles. The SMILES string of the molecule is CCCCNc1ccc2c(c1)Nc1c(cccc1C(=O)O)O2. The lowest BCUT2D eigenvalue weighted by atomic mass is 10.1. The van der Waals surface area contributed by atoms with E-state index in [-0.39, 0.29) is 5.56 Å². The van der Waals surface area contributed by atoms with Gasteiger partial charge in [-0.1, -0.05) is 19.4 Å². The van der Waals surface area contributed by atoms with Crippen LogP contribution in [0.15, 0.2) is 36.4 Å². The highest BCUT2D eigenvalue weighted by atomic mass is 16.5. The lowest BCUT2D eigenvalue weighted by Gasteiger charge is -2.23. The van der Waals surface area contributed by atoms with Gasteiger partial charge in [-0.15, -0.1) is 0 Å². The van der Waals surface area contributed by atoms with Gasteiger partial charge in [0, 0.05) is 12.2 Å². The maximum absolute atomic E-state index is 11.3. The van der Waals surface area contributed by atoms with Crippen molar-refractivity contribution in [1.82, 2.24) is 0 Å². The normalized spacial score (nSPS) is 11.7. The average molecular weight is 298 g/mol. The summed E-state index contributed by atoms with van der Waals surface area (Å²) in [4.78, 5) is 11.3. The zero-order chi connectivity index (χ0) is 15.5. The van der Waals surface area contributed by atoms with Crippen molar-refractivity contribution >= 4 is 23.0 Å². The van der Waals surface area contributed by atoms with Crippen LogP contribution in [0.3, 0.4) is 0 Å². The van der Waals surface area contributed by atoms with E-state index in [1.807, 2.05) is 18.2 Å². The molecule has 0 bridgehead atoms. The van der Waals surface area contributed by atoms with Crippen LogP contribution < -0.4 is 15.4 Å². The molecule has 22 heavy (non-hydrogen) atoms. The van der Waals surface area contributed by atoms with Gasteiger partial charge in [0.1, 0.15) is 0 Å². The number of carboxylic acids is 1. The standard InChI is InChI=1S/C17H18N2O3/c1-2-3-9-18-11-7-8-14-13(10-11)19-16-12(17(20)21)5-4-6-15(16)22-14/h4-8,10,18-19H,2-3,9H2,1H3,(H,20,21). The number of unbranched alkanes of at least 4 members (excludes halogenated alkanes) is 1. The summed E-state index contributed by atoms with van der Waals surface area (Å²) in [5, 5.41) is 15.8. The molecule has 5 heteroatoms. The van der Waals surface area contributed by atoms with Gasteiger partial charge < -0.3 is 20.5 Å². The second-order valence-corrected chi connectivity index (χ2v) is 5.20. The summed E-state index contributed by atoms with van der Waals surface area (Å²) < 4.78 is 5.80. The number of fused-ring (bicyclic) bond motifs is 2. The van der Waals surface area contributed by atoms with E-state index in [0.717, 1.165) is 30.8 Å². The highest BCUT2D eigenvalue weighted by Gasteiger charge is 2.22. The van der Waals surface area contributed by atoms with E-state index in [0.29, 0.717) is 17.2 Å². The van der Waals surface area contributed by atoms with Crippen LogP contribution >= 0.6 is 0 Å². The summed E-state index contributed by atoms with van der Waals surface area (Å²) in [7, 11) is 0. The quantitative estimate of drug-likeness (QED) is 0.607. The Kier molecular flexibility index (Phi) is 3.87. The van der Waals surface area contributed by atoms with Gasteiger partial charge in [0.2, 0.25) is 0 Å². The van der Waals surface area contributed by atoms with E-state index in [2.05, 4.69) is 17.6 Å². The number of nitrogens with one attached hydrogen (secondary N) is 2. The van der Waals surface area contributed by atoms with Crippen molar-refractivity contribution in [1.29, 1.82) is 0 Å². The minimum atomic E-state index is -0.978. The molecule has 0 unspecified atom stereocenters. The average Bonchev–Trinajstić information content (AvgIpc) is 2.52. The van der Waals surface area contributed by atoms with Crippen molar-refractivity contribution in [3.8, 4) is 11.5 Å². The molecule has 0 saturated carbocycles. The third-order valence-corrected chi connectivity index (χ3v) is 3.58. The van der Waals surface area contributed by atoms with E-state index in [1.54, 1.807) is 18.2 Å². The molecule has 0 spiro atoms. The molecule has 5 nitrogen and oxygen atoms in total. The lowest BCUT2D eigenvalue weighted by Crippen LogP contribution is -2.09. The Hall–Kier alpha value is -2.69. The first-order valence-electron chi connectivity index (χ1n) is 7.38. The van der Waals surface area contributed by atoms with Crippen molar-refractivity contribution < 1.29 is 14.6 Å². The van der Waals surface area contributed by atoms with E-state index in [1.165, 1.54) is 0 Å². The van der Waals surface area contributed by atoms with Crippen LogP contribution in [0.25, 0.3) is 0 Å². The van der Waals surface area contributed by atoms with Crippen LogP contribution in [0.5, 0.6) is 11.5 Å². The maximum atomic E-state index is 11.3. The van der Waals surface area contributed by atoms with Gasteiger partial charge in [0.25, 0.3) is 0 Å². The summed E-state index contributed by atoms with van der Waals surface area (Å²) >= 11 is 0. The molecule has 0 atom stereocenters. The minimum absolute atomic E-state index is 0.201. The van der Waals surface area contributed by atoms with E-state index in [9.17, 15) is 9.90 Å². The molecule has 1 aliphatic heterocycles. The molecule has 3 N–H and O–H groups in total. The molecular weight excluding hydrogens is 280 g/mol. The molecule has 1 heterocycles. The predicted molar refractivity (Wildman–Crippen MR) is 86.6 cm³/mol. The Bertz CT molecular complexity index is 713. The fourth-order valence-electron chi connectivity index (χ4n) is 2.41. The number of benzene rings is 2. The van der Waals surface area contributed by atoms with Crippen molar-refractivity contribution in [2.45, 2.75) is 19.8 Å². The van der Waals surface area contributed by atoms with Crippen LogP contribution in [-0.2, 0) is 0 Å². The van der Waals surface area contributed by atoms with Gasteiger partial charge in [-0.25, -0.2) is 4.79 Å². The molecular formula is C17H18N2O3. The first-order valence-corrected chi connectivity index (χ1v) is 7.38. The molecule has 0 fully saturated rings. The molecule has 114 valence electrons. The number of carbonyl (C=O) groups is 1. The number of carboxylic acid groups (broad SMARTS) is 1. The molecule has 3 rings (SSSR count). The lowest BCUT2D eigenvalue weighted by molar-refractivity contribution is 0.0697. The molecule has 0 aromatic heterocycles. The molecule has 2 aromatic carbocycles. The number of aromatic carboxylic acids is 1. The second-order valence-electron chi connectivity index (χ2n) is 5.20. The Morgan fingerprint density at radius 3 is 2.91 bits per heavy atom. The molecule has 0 amide bonds. The number of anilines is 3. The van der Waals surface area contributed by atoms with Crippen LogP contribution in [0, 0.1) is 0 Å². The molecule has 1 aliphatic rings. The third kappa shape index (κ3) is 2.70. The van der Waals surface area contributed by atoms with E-state index >= 15 is 0 Å². The van der Waals surface area contributed by atoms with Gasteiger partial charge in [-0.2, -0.15) is 0 Å². The van der Waals surface area contributed by atoms with Crippen molar-refractivity contribution in [2.75, 3.05) is 17.2 Å². The summed E-state index contributed by atoms with van der Waals surface area (Å²) in [6.45, 7) is 3.06. The number of rotatable bonds is 5. The van der Waals surface area contributed by atoms with E-state index < -0.39 is 5.97 Å². The van der Waals surface area contributed by atoms with Gasteiger partial charge in [-0.3, -0.25) is 0 Å².